The Bertz CT molecular complexity index is 848. The molecule has 0 spiro atoms. The molecule has 0 radical (unpaired) electrons. The van der Waals surface area contributed by atoms with Gasteiger partial charge in [0, 0.05) is 18.7 Å². The molecular formula is C16H14N2O7. The van der Waals surface area contributed by atoms with Gasteiger partial charge in [0.05, 0.1) is 17.6 Å². The number of amides is 1. The van der Waals surface area contributed by atoms with Crippen molar-refractivity contribution in [1.29, 1.82) is 0 Å². The number of ether oxygens (including phenoxy) is 1. The smallest absolute Gasteiger partial charge is 0.341 e. The lowest BCUT2D eigenvalue weighted by Gasteiger charge is -2.10. The number of carbonyl (C=O) groups excluding carboxylic acids is 2. The van der Waals surface area contributed by atoms with Gasteiger partial charge in [-0.05, 0) is 17.7 Å². The van der Waals surface area contributed by atoms with Crippen LogP contribution in [-0.4, -0.2) is 34.1 Å². The highest BCUT2D eigenvalue weighted by atomic mass is 16.6. The highest BCUT2D eigenvalue weighted by Crippen LogP contribution is 2.33. The minimum atomic E-state index is -0.864. The van der Waals surface area contributed by atoms with Crippen LogP contribution in [0.25, 0.3) is 0 Å². The van der Waals surface area contributed by atoms with Gasteiger partial charge in [-0.3, -0.25) is 14.9 Å². The first-order valence-corrected chi connectivity index (χ1v) is 7.00. The van der Waals surface area contributed by atoms with Crippen molar-refractivity contribution in [3.8, 4) is 11.5 Å². The van der Waals surface area contributed by atoms with Crippen molar-refractivity contribution in [2.45, 2.75) is 6.54 Å². The van der Waals surface area contributed by atoms with Crippen LogP contribution in [-0.2, 0) is 11.3 Å². The number of non-ortho nitro benzene ring substituents is 1. The summed E-state index contributed by atoms with van der Waals surface area (Å²) in [5, 5.41) is 32.9. The van der Waals surface area contributed by atoms with Gasteiger partial charge in [0.2, 0.25) is 0 Å². The Hall–Kier alpha value is -3.62. The summed E-state index contributed by atoms with van der Waals surface area (Å²) < 4.78 is 4.44. The van der Waals surface area contributed by atoms with Gasteiger partial charge in [0.1, 0.15) is 5.56 Å². The molecule has 0 bridgehead atoms. The molecule has 9 nitrogen and oxygen atoms in total. The van der Waals surface area contributed by atoms with Crippen LogP contribution in [0, 0.1) is 10.1 Å². The predicted octanol–water partition coefficient (Wildman–Crippen LogP) is 1.72. The number of rotatable bonds is 5. The zero-order valence-corrected chi connectivity index (χ0v) is 13.1. The van der Waals surface area contributed by atoms with Crippen molar-refractivity contribution in [3.63, 3.8) is 0 Å². The largest absolute Gasteiger partial charge is 0.504 e. The summed E-state index contributed by atoms with van der Waals surface area (Å²) in [6.45, 7) is -0.0283. The van der Waals surface area contributed by atoms with Gasteiger partial charge < -0.3 is 20.3 Å². The second kappa shape index (κ2) is 7.30. The molecule has 2 aromatic carbocycles. The number of hydrogen-bond acceptors (Lipinski definition) is 7. The first kappa shape index (κ1) is 17.7. The van der Waals surface area contributed by atoms with E-state index >= 15 is 0 Å². The molecule has 2 rings (SSSR count). The van der Waals surface area contributed by atoms with Gasteiger partial charge in [-0.1, -0.05) is 12.1 Å². The van der Waals surface area contributed by atoms with E-state index in [4.69, 9.17) is 0 Å². The fourth-order valence-electron chi connectivity index (χ4n) is 2.10. The molecule has 9 heteroatoms. The van der Waals surface area contributed by atoms with Crippen LogP contribution >= 0.6 is 0 Å². The Morgan fingerprint density at radius 2 is 1.80 bits per heavy atom. The van der Waals surface area contributed by atoms with Crippen LogP contribution in [0.15, 0.2) is 36.4 Å². The molecule has 0 saturated heterocycles. The number of esters is 1. The number of nitro groups is 1. The molecule has 0 aliphatic rings. The molecule has 130 valence electrons. The average Bonchev–Trinajstić information content (AvgIpc) is 2.61. The van der Waals surface area contributed by atoms with Crippen molar-refractivity contribution in [1.82, 2.24) is 5.32 Å². The number of hydrogen-bond donors (Lipinski definition) is 3. The predicted molar refractivity (Wildman–Crippen MR) is 85.4 cm³/mol. The fraction of sp³-hybridized carbons (Fsp3) is 0.125. The Kier molecular flexibility index (Phi) is 5.18. The lowest BCUT2D eigenvalue weighted by atomic mass is 10.1. The van der Waals surface area contributed by atoms with Crippen LogP contribution in [0.2, 0.25) is 0 Å². The highest BCUT2D eigenvalue weighted by Gasteiger charge is 2.21. The summed E-state index contributed by atoms with van der Waals surface area (Å²) >= 11 is 0. The molecule has 0 aliphatic heterocycles. The number of benzene rings is 2. The maximum atomic E-state index is 12.1. The van der Waals surface area contributed by atoms with Gasteiger partial charge >= 0.3 is 5.97 Å². The maximum Gasteiger partial charge on any atom is 0.341 e. The SMILES string of the molecule is COC(=O)c1ccc(C(=O)NCc2cccc([N+](=O)[O-])c2)c(O)c1O. The van der Waals surface area contributed by atoms with Gasteiger partial charge in [-0.2, -0.15) is 0 Å². The van der Waals surface area contributed by atoms with Crippen LogP contribution in [0.5, 0.6) is 11.5 Å². The summed E-state index contributed by atoms with van der Waals surface area (Å²) in [4.78, 5) is 33.7. The average molecular weight is 346 g/mol. The molecule has 0 aliphatic carbocycles. The molecule has 0 saturated carbocycles. The van der Waals surface area contributed by atoms with E-state index in [0.717, 1.165) is 19.2 Å². The molecule has 0 atom stereocenters. The quantitative estimate of drug-likeness (QED) is 0.324. The molecule has 3 N–H and O–H groups in total. The molecule has 25 heavy (non-hydrogen) atoms. The zero-order valence-electron chi connectivity index (χ0n) is 13.1. The van der Waals surface area contributed by atoms with E-state index in [0.29, 0.717) is 5.56 Å². The molecule has 0 aromatic heterocycles. The summed E-state index contributed by atoms with van der Waals surface area (Å²) in [6, 6.07) is 7.99. The zero-order chi connectivity index (χ0) is 18.6. The van der Waals surface area contributed by atoms with E-state index in [2.05, 4.69) is 10.1 Å². The third-order valence-electron chi connectivity index (χ3n) is 3.38. The number of methoxy groups -OCH3 is 1. The van der Waals surface area contributed by atoms with Crippen LogP contribution < -0.4 is 5.32 Å². The van der Waals surface area contributed by atoms with Crippen LogP contribution in [0.3, 0.4) is 0 Å². The van der Waals surface area contributed by atoms with E-state index in [1.165, 1.54) is 18.2 Å². The number of phenols is 2. The number of carbonyl (C=O) groups is 2. The van der Waals surface area contributed by atoms with Crippen LogP contribution in [0.4, 0.5) is 5.69 Å². The second-order valence-corrected chi connectivity index (χ2v) is 4.96. The second-order valence-electron chi connectivity index (χ2n) is 4.96. The van der Waals surface area contributed by atoms with Crippen LogP contribution in [0.1, 0.15) is 26.3 Å². The third kappa shape index (κ3) is 3.83. The summed E-state index contributed by atoms with van der Waals surface area (Å²) in [7, 11) is 1.11. The Labute approximate surface area is 141 Å². The molecule has 2 aromatic rings. The molecule has 1 amide bonds. The third-order valence-corrected chi connectivity index (χ3v) is 3.38. The van der Waals surface area contributed by atoms with Crippen molar-refractivity contribution in [2.24, 2.45) is 0 Å². The molecular weight excluding hydrogens is 332 g/mol. The summed E-state index contributed by atoms with van der Waals surface area (Å²) in [5.74, 6) is -3.12. The molecule has 0 heterocycles. The monoisotopic (exact) mass is 346 g/mol. The first-order valence-electron chi connectivity index (χ1n) is 7.00. The van der Waals surface area contributed by atoms with E-state index in [1.807, 2.05) is 0 Å². The number of nitrogens with one attached hydrogen (secondary N) is 1. The lowest BCUT2D eigenvalue weighted by molar-refractivity contribution is -0.384. The number of aromatic hydroxyl groups is 2. The standard InChI is InChI=1S/C16H14N2O7/c1-25-16(22)12-6-5-11(13(19)14(12)20)15(21)17-8-9-3-2-4-10(7-9)18(23)24/h2-7,19-20H,8H2,1H3,(H,17,21). The van der Waals surface area contributed by atoms with Gasteiger partial charge in [-0.15, -0.1) is 0 Å². The maximum absolute atomic E-state index is 12.1. The molecule has 0 unspecified atom stereocenters. The van der Waals surface area contributed by atoms with E-state index in [9.17, 15) is 29.9 Å². The number of phenolic OH excluding ortho intramolecular Hbond substituents is 2. The Morgan fingerprint density at radius 1 is 1.16 bits per heavy atom. The Balaban J connectivity index is 2.16. The minimum absolute atomic E-state index is 0.0283. The summed E-state index contributed by atoms with van der Waals surface area (Å²) in [6.07, 6.45) is 0. The number of nitro benzene ring substituents is 1. The topological polar surface area (TPSA) is 139 Å². The number of nitrogens with zero attached hydrogens (tertiary/aromatic N) is 1. The minimum Gasteiger partial charge on any atom is -0.504 e. The highest BCUT2D eigenvalue weighted by molar-refractivity contribution is 6.01. The Morgan fingerprint density at radius 3 is 2.44 bits per heavy atom. The van der Waals surface area contributed by atoms with E-state index in [-0.39, 0.29) is 23.4 Å². The normalized spacial score (nSPS) is 10.1. The summed E-state index contributed by atoms with van der Waals surface area (Å²) in [5.41, 5.74) is -0.169. The van der Waals surface area contributed by atoms with Gasteiger partial charge in [-0.25, -0.2) is 4.79 Å². The van der Waals surface area contributed by atoms with E-state index < -0.39 is 28.3 Å². The lowest BCUT2D eigenvalue weighted by Crippen LogP contribution is -2.23. The van der Waals surface area contributed by atoms with Crippen molar-refractivity contribution in [3.05, 3.63) is 63.2 Å². The van der Waals surface area contributed by atoms with E-state index in [1.54, 1.807) is 6.07 Å². The van der Waals surface area contributed by atoms with Gasteiger partial charge in [0.25, 0.3) is 11.6 Å². The van der Waals surface area contributed by atoms with Gasteiger partial charge in [0.15, 0.2) is 11.5 Å². The van der Waals surface area contributed by atoms with Crippen molar-refractivity contribution < 1.29 is 29.5 Å². The first-order chi connectivity index (χ1) is 11.8. The van der Waals surface area contributed by atoms with Crippen molar-refractivity contribution in [2.75, 3.05) is 7.11 Å². The van der Waals surface area contributed by atoms with Crippen molar-refractivity contribution >= 4 is 17.6 Å². The fourth-order valence-corrected chi connectivity index (χ4v) is 2.10. The molecule has 0 fully saturated rings.